The van der Waals surface area contributed by atoms with Crippen LogP contribution >= 0.6 is 11.8 Å². The van der Waals surface area contributed by atoms with Crippen LogP contribution in [0.2, 0.25) is 0 Å². The lowest BCUT2D eigenvalue weighted by Gasteiger charge is -2.11. The number of carbonyl (C=O) groups excluding carboxylic acids is 2. The molecule has 2 aromatic carbocycles. The smallest absolute Gasteiger partial charge is 0.416 e. The number of hydrogen-bond acceptors (Lipinski definition) is 7. The Balaban J connectivity index is 2.09. The molecule has 0 fully saturated rings. The molecule has 0 spiro atoms. The van der Waals surface area contributed by atoms with Gasteiger partial charge in [0.05, 0.1) is 17.6 Å². The fourth-order valence-electron chi connectivity index (χ4n) is 2.33. The highest BCUT2D eigenvalue weighted by molar-refractivity contribution is 7.98. The zero-order valence-corrected chi connectivity index (χ0v) is 16.4. The molecule has 8 nitrogen and oxygen atoms in total. The third-order valence-electron chi connectivity index (χ3n) is 3.76. The van der Waals surface area contributed by atoms with E-state index in [1.807, 2.05) is 6.26 Å². The summed E-state index contributed by atoms with van der Waals surface area (Å²) in [5.74, 6) is -1.62. The molecular formula is C18H15F3N2O6S. The van der Waals surface area contributed by atoms with Crippen molar-refractivity contribution in [2.75, 3.05) is 25.3 Å². The second kappa shape index (κ2) is 9.48. The summed E-state index contributed by atoms with van der Waals surface area (Å²) in [5, 5.41) is 13.1. The molecule has 0 aliphatic heterocycles. The maximum atomic E-state index is 12.7. The highest BCUT2D eigenvalue weighted by Gasteiger charge is 2.33. The van der Waals surface area contributed by atoms with Crippen molar-refractivity contribution in [1.29, 1.82) is 0 Å². The topological polar surface area (TPSA) is 108 Å². The zero-order valence-electron chi connectivity index (χ0n) is 15.6. The molecule has 0 atom stereocenters. The van der Waals surface area contributed by atoms with Gasteiger partial charge in [0.1, 0.15) is 17.0 Å². The fourth-order valence-corrected chi connectivity index (χ4v) is 2.76. The lowest BCUT2D eigenvalue weighted by molar-refractivity contribution is -0.384. The van der Waals surface area contributed by atoms with Crippen LogP contribution in [-0.4, -0.2) is 36.8 Å². The molecule has 2 aromatic rings. The molecule has 0 aliphatic carbocycles. The van der Waals surface area contributed by atoms with Crippen molar-refractivity contribution >= 4 is 35.0 Å². The van der Waals surface area contributed by atoms with Gasteiger partial charge in [-0.1, -0.05) is 0 Å². The van der Waals surface area contributed by atoms with Crippen LogP contribution in [0, 0.1) is 10.1 Å². The molecule has 1 amide bonds. The Morgan fingerprint density at radius 2 is 1.90 bits per heavy atom. The highest BCUT2D eigenvalue weighted by atomic mass is 32.2. The number of nitrogens with one attached hydrogen (secondary N) is 1. The third kappa shape index (κ3) is 5.63. The first-order valence-corrected chi connectivity index (χ1v) is 9.34. The SMILES string of the molecule is COc1cc(SC)ccc1C(=O)OCC(=O)Nc1ccc(C(F)(F)F)cc1[N+](=O)[O-]. The third-order valence-corrected chi connectivity index (χ3v) is 4.48. The second-order valence-electron chi connectivity index (χ2n) is 5.68. The maximum Gasteiger partial charge on any atom is 0.416 e. The quantitative estimate of drug-likeness (QED) is 0.296. The van der Waals surface area contributed by atoms with Gasteiger partial charge in [0.2, 0.25) is 0 Å². The average molecular weight is 444 g/mol. The van der Waals surface area contributed by atoms with Crippen molar-refractivity contribution < 1.29 is 37.2 Å². The molecule has 1 N–H and O–H groups in total. The van der Waals surface area contributed by atoms with Crippen molar-refractivity contribution in [2.45, 2.75) is 11.1 Å². The molecular weight excluding hydrogens is 429 g/mol. The summed E-state index contributed by atoms with van der Waals surface area (Å²) in [6, 6.07) is 6.35. The van der Waals surface area contributed by atoms with Crippen LogP contribution in [0.1, 0.15) is 15.9 Å². The van der Waals surface area contributed by atoms with Crippen LogP contribution in [0.5, 0.6) is 5.75 Å². The molecule has 2 rings (SSSR count). The van der Waals surface area contributed by atoms with Crippen LogP contribution in [-0.2, 0) is 15.7 Å². The molecule has 0 aliphatic rings. The van der Waals surface area contributed by atoms with E-state index in [9.17, 15) is 32.9 Å². The Kier molecular flexibility index (Phi) is 7.27. The van der Waals surface area contributed by atoms with Gasteiger partial charge in [-0.2, -0.15) is 13.2 Å². The van der Waals surface area contributed by atoms with E-state index in [2.05, 4.69) is 5.32 Å². The number of nitrogens with zero attached hydrogens (tertiary/aromatic N) is 1. The predicted octanol–water partition coefficient (Wildman–Crippen LogP) is 4.14. The standard InChI is InChI=1S/C18H15F3N2O6S/c1-28-15-8-11(30-2)4-5-12(15)17(25)29-9-16(24)22-13-6-3-10(18(19,20)21)7-14(13)23(26)27/h3-8H,9H2,1-2H3,(H,22,24). The Morgan fingerprint density at radius 3 is 2.47 bits per heavy atom. The largest absolute Gasteiger partial charge is 0.496 e. The normalized spacial score (nSPS) is 11.0. The van der Waals surface area contributed by atoms with E-state index in [4.69, 9.17) is 9.47 Å². The van der Waals surface area contributed by atoms with E-state index >= 15 is 0 Å². The van der Waals surface area contributed by atoms with Crippen LogP contribution in [0.3, 0.4) is 0 Å². The summed E-state index contributed by atoms with van der Waals surface area (Å²) >= 11 is 1.42. The van der Waals surface area contributed by atoms with Gasteiger partial charge in [-0.05, 0) is 36.6 Å². The monoisotopic (exact) mass is 444 g/mol. The summed E-state index contributed by atoms with van der Waals surface area (Å²) in [4.78, 5) is 35.0. The first-order chi connectivity index (χ1) is 14.1. The summed E-state index contributed by atoms with van der Waals surface area (Å²) < 4.78 is 48.2. The molecule has 160 valence electrons. The lowest BCUT2D eigenvalue weighted by atomic mass is 10.1. The van der Waals surface area contributed by atoms with Gasteiger partial charge in [-0.15, -0.1) is 11.8 Å². The van der Waals surface area contributed by atoms with Gasteiger partial charge in [-0.25, -0.2) is 4.79 Å². The molecule has 0 aromatic heterocycles. The number of benzene rings is 2. The van der Waals surface area contributed by atoms with Crippen molar-refractivity contribution in [3.05, 3.63) is 57.6 Å². The molecule has 0 heterocycles. The minimum atomic E-state index is -4.78. The minimum absolute atomic E-state index is 0.0589. The Morgan fingerprint density at radius 1 is 1.20 bits per heavy atom. The summed E-state index contributed by atoms with van der Waals surface area (Å²) in [7, 11) is 1.35. The highest BCUT2D eigenvalue weighted by Crippen LogP contribution is 2.35. The van der Waals surface area contributed by atoms with Gasteiger partial charge in [0.25, 0.3) is 11.6 Å². The number of thioether (sulfide) groups is 1. The summed E-state index contributed by atoms with van der Waals surface area (Å²) in [6.45, 7) is -0.815. The number of carbonyl (C=O) groups is 2. The summed E-state index contributed by atoms with van der Waals surface area (Å²) in [5.41, 5.74) is -2.59. The number of esters is 1. The number of alkyl halides is 3. The number of hydrogen-bond donors (Lipinski definition) is 1. The van der Waals surface area contributed by atoms with Gasteiger partial charge in [-0.3, -0.25) is 14.9 Å². The number of rotatable bonds is 7. The van der Waals surface area contributed by atoms with Crippen molar-refractivity contribution in [3.63, 3.8) is 0 Å². The fraction of sp³-hybridized carbons (Fsp3) is 0.222. The van der Waals surface area contributed by atoms with E-state index in [1.54, 1.807) is 12.1 Å². The molecule has 12 heteroatoms. The molecule has 0 saturated carbocycles. The van der Waals surface area contributed by atoms with Crippen LogP contribution in [0.4, 0.5) is 24.5 Å². The van der Waals surface area contributed by atoms with E-state index < -0.39 is 46.5 Å². The number of halogens is 3. The Bertz CT molecular complexity index is 981. The van der Waals surface area contributed by atoms with Gasteiger partial charge >= 0.3 is 12.1 Å². The van der Waals surface area contributed by atoms with Crippen LogP contribution in [0.25, 0.3) is 0 Å². The van der Waals surface area contributed by atoms with E-state index in [0.29, 0.717) is 12.1 Å². The number of amides is 1. The summed E-state index contributed by atoms with van der Waals surface area (Å²) in [6.07, 6.45) is -2.95. The minimum Gasteiger partial charge on any atom is -0.496 e. The van der Waals surface area contributed by atoms with Gasteiger partial charge in [0, 0.05) is 11.0 Å². The predicted molar refractivity (Wildman–Crippen MR) is 102 cm³/mol. The number of nitro groups is 1. The maximum absolute atomic E-state index is 12.7. The molecule has 0 bridgehead atoms. The van der Waals surface area contributed by atoms with Crippen LogP contribution < -0.4 is 10.1 Å². The number of ether oxygens (including phenoxy) is 2. The zero-order chi connectivity index (χ0) is 22.5. The molecule has 0 radical (unpaired) electrons. The Hall–Kier alpha value is -3.28. The number of methoxy groups -OCH3 is 1. The average Bonchev–Trinajstić information content (AvgIpc) is 2.70. The Labute approximate surface area is 172 Å². The van der Waals surface area contributed by atoms with Gasteiger partial charge in [0.15, 0.2) is 6.61 Å². The van der Waals surface area contributed by atoms with E-state index in [0.717, 1.165) is 11.0 Å². The van der Waals surface area contributed by atoms with Crippen molar-refractivity contribution in [3.8, 4) is 5.75 Å². The van der Waals surface area contributed by atoms with Crippen molar-refractivity contribution in [1.82, 2.24) is 0 Å². The second-order valence-corrected chi connectivity index (χ2v) is 6.56. The molecule has 30 heavy (non-hydrogen) atoms. The van der Waals surface area contributed by atoms with Crippen LogP contribution in [0.15, 0.2) is 41.3 Å². The lowest BCUT2D eigenvalue weighted by Crippen LogP contribution is -2.22. The molecule has 0 unspecified atom stereocenters. The number of nitro benzene ring substituents is 1. The number of anilines is 1. The molecule has 0 saturated heterocycles. The van der Waals surface area contributed by atoms with E-state index in [-0.39, 0.29) is 11.3 Å². The van der Waals surface area contributed by atoms with Gasteiger partial charge < -0.3 is 14.8 Å². The first-order valence-electron chi connectivity index (χ1n) is 8.11. The van der Waals surface area contributed by atoms with E-state index in [1.165, 1.54) is 24.9 Å². The van der Waals surface area contributed by atoms with Crippen molar-refractivity contribution in [2.24, 2.45) is 0 Å². The first kappa shape index (κ1) is 23.0.